The Balaban J connectivity index is 2.31. The molecule has 1 aromatic heterocycles. The lowest BCUT2D eigenvalue weighted by Gasteiger charge is -2.28. The summed E-state index contributed by atoms with van der Waals surface area (Å²) in [6.45, 7) is 3.40. The van der Waals surface area contributed by atoms with Gasteiger partial charge < -0.3 is 5.32 Å². The topological polar surface area (TPSA) is 24.9 Å². The van der Waals surface area contributed by atoms with Gasteiger partial charge in [0.2, 0.25) is 0 Å². The fourth-order valence-electron chi connectivity index (χ4n) is 2.23. The highest BCUT2D eigenvalue weighted by molar-refractivity contribution is 5.22. The summed E-state index contributed by atoms with van der Waals surface area (Å²) in [5.74, 6) is 0. The van der Waals surface area contributed by atoms with Crippen molar-refractivity contribution in [3.05, 3.63) is 30.1 Å². The third kappa shape index (κ3) is 1.46. The van der Waals surface area contributed by atoms with Crippen LogP contribution in [0.1, 0.15) is 31.7 Å². The molecule has 0 bridgehead atoms. The van der Waals surface area contributed by atoms with Crippen molar-refractivity contribution in [1.82, 2.24) is 10.3 Å². The maximum Gasteiger partial charge on any atom is 0.0433 e. The van der Waals surface area contributed by atoms with Crippen molar-refractivity contribution in [1.29, 1.82) is 0 Å². The summed E-state index contributed by atoms with van der Waals surface area (Å²) in [5.41, 5.74) is 1.63. The molecule has 0 radical (unpaired) electrons. The molecule has 1 aliphatic heterocycles. The van der Waals surface area contributed by atoms with Gasteiger partial charge in [-0.1, -0.05) is 6.92 Å². The molecule has 2 heterocycles. The smallest absolute Gasteiger partial charge is 0.0433 e. The zero-order chi connectivity index (χ0) is 9.15. The van der Waals surface area contributed by atoms with E-state index < -0.39 is 0 Å². The molecule has 1 atom stereocenters. The molecule has 1 N–H and O–H groups in total. The van der Waals surface area contributed by atoms with Gasteiger partial charge in [-0.05, 0) is 43.5 Å². The van der Waals surface area contributed by atoms with Crippen LogP contribution in [0.15, 0.2) is 24.5 Å². The average molecular weight is 176 g/mol. The third-order valence-electron chi connectivity index (χ3n) is 3.08. The molecule has 70 valence electrons. The second kappa shape index (κ2) is 3.46. The summed E-state index contributed by atoms with van der Waals surface area (Å²) in [6, 6.07) is 4.25. The van der Waals surface area contributed by atoms with E-state index in [9.17, 15) is 0 Å². The normalized spacial score (nSPS) is 27.8. The maximum atomic E-state index is 4.05. The lowest BCUT2D eigenvalue weighted by molar-refractivity contribution is 0.376. The fourth-order valence-corrected chi connectivity index (χ4v) is 2.23. The molecule has 0 saturated carbocycles. The minimum Gasteiger partial charge on any atom is -0.307 e. The van der Waals surface area contributed by atoms with E-state index in [1.165, 1.54) is 18.4 Å². The zero-order valence-electron chi connectivity index (χ0n) is 8.09. The van der Waals surface area contributed by atoms with Crippen molar-refractivity contribution in [2.45, 2.75) is 31.7 Å². The minimum atomic E-state index is 0.239. The van der Waals surface area contributed by atoms with Crippen LogP contribution in [0.3, 0.4) is 0 Å². The second-order valence-electron chi connectivity index (χ2n) is 3.70. The number of nitrogens with zero attached hydrogens (tertiary/aromatic N) is 1. The number of aromatic nitrogens is 1. The molecule has 1 aliphatic rings. The first kappa shape index (κ1) is 8.70. The van der Waals surface area contributed by atoms with Crippen LogP contribution >= 0.6 is 0 Å². The van der Waals surface area contributed by atoms with Crippen LogP contribution in [0, 0.1) is 0 Å². The number of pyridine rings is 1. The molecule has 2 heteroatoms. The molecule has 2 nitrogen and oxygen atoms in total. The Morgan fingerprint density at radius 3 is 2.77 bits per heavy atom. The first-order chi connectivity index (χ1) is 6.37. The Morgan fingerprint density at radius 1 is 1.46 bits per heavy atom. The molecule has 1 aromatic rings. The van der Waals surface area contributed by atoms with Crippen LogP contribution in [0.5, 0.6) is 0 Å². The highest BCUT2D eigenvalue weighted by Crippen LogP contribution is 2.33. The largest absolute Gasteiger partial charge is 0.307 e. The summed E-state index contributed by atoms with van der Waals surface area (Å²) in [5, 5.41) is 3.61. The minimum absolute atomic E-state index is 0.239. The Labute approximate surface area is 79.4 Å². The number of hydrogen-bond donors (Lipinski definition) is 1. The zero-order valence-corrected chi connectivity index (χ0v) is 8.09. The van der Waals surface area contributed by atoms with Crippen LogP contribution in [0.4, 0.5) is 0 Å². The van der Waals surface area contributed by atoms with Gasteiger partial charge in [0.05, 0.1) is 0 Å². The van der Waals surface area contributed by atoms with Crippen LogP contribution < -0.4 is 5.32 Å². The monoisotopic (exact) mass is 176 g/mol. The SMILES string of the molecule is CCC1(c2ccncc2)CCCN1. The Bertz CT molecular complexity index is 263. The standard InChI is InChI=1S/C11H16N2/c1-2-11(6-3-7-13-11)10-4-8-12-9-5-10/h4-5,8-9,13H,2-3,6-7H2,1H3. The van der Waals surface area contributed by atoms with Crippen molar-refractivity contribution in [3.63, 3.8) is 0 Å². The van der Waals surface area contributed by atoms with Crippen molar-refractivity contribution < 1.29 is 0 Å². The third-order valence-corrected chi connectivity index (χ3v) is 3.08. The van der Waals surface area contributed by atoms with Gasteiger partial charge in [-0.15, -0.1) is 0 Å². The van der Waals surface area contributed by atoms with Crippen molar-refractivity contribution >= 4 is 0 Å². The molecule has 1 fully saturated rings. The Hall–Kier alpha value is -0.890. The van der Waals surface area contributed by atoms with Crippen molar-refractivity contribution in [2.75, 3.05) is 6.54 Å². The van der Waals surface area contributed by atoms with Crippen LogP contribution in [-0.2, 0) is 5.54 Å². The number of hydrogen-bond acceptors (Lipinski definition) is 2. The predicted molar refractivity (Wildman–Crippen MR) is 53.4 cm³/mol. The van der Waals surface area contributed by atoms with Gasteiger partial charge in [0.1, 0.15) is 0 Å². The molecule has 1 unspecified atom stereocenters. The Morgan fingerprint density at radius 2 is 2.23 bits per heavy atom. The van der Waals surface area contributed by atoms with Gasteiger partial charge in [0.15, 0.2) is 0 Å². The summed E-state index contributed by atoms with van der Waals surface area (Å²) in [4.78, 5) is 4.05. The molecule has 0 aromatic carbocycles. The molecule has 1 saturated heterocycles. The molecule has 2 rings (SSSR count). The summed E-state index contributed by atoms with van der Waals surface area (Å²) >= 11 is 0. The highest BCUT2D eigenvalue weighted by Gasteiger charge is 2.32. The second-order valence-corrected chi connectivity index (χ2v) is 3.70. The van der Waals surface area contributed by atoms with Crippen LogP contribution in [0.2, 0.25) is 0 Å². The van der Waals surface area contributed by atoms with E-state index in [0.29, 0.717) is 0 Å². The molecular formula is C11H16N2. The van der Waals surface area contributed by atoms with E-state index in [1.807, 2.05) is 12.4 Å². The quantitative estimate of drug-likeness (QED) is 0.746. The predicted octanol–water partition coefficient (Wildman–Crippen LogP) is 2.07. The average Bonchev–Trinajstić information content (AvgIpc) is 2.69. The van der Waals surface area contributed by atoms with Gasteiger partial charge in [0, 0.05) is 17.9 Å². The molecule has 0 spiro atoms. The first-order valence-corrected chi connectivity index (χ1v) is 5.03. The number of rotatable bonds is 2. The van der Waals surface area contributed by atoms with Crippen LogP contribution in [0.25, 0.3) is 0 Å². The molecule has 13 heavy (non-hydrogen) atoms. The van der Waals surface area contributed by atoms with E-state index in [0.717, 1.165) is 13.0 Å². The first-order valence-electron chi connectivity index (χ1n) is 5.03. The Kier molecular flexibility index (Phi) is 2.32. The van der Waals surface area contributed by atoms with Crippen molar-refractivity contribution in [2.24, 2.45) is 0 Å². The fraction of sp³-hybridized carbons (Fsp3) is 0.545. The van der Waals surface area contributed by atoms with Crippen LogP contribution in [-0.4, -0.2) is 11.5 Å². The summed E-state index contributed by atoms with van der Waals surface area (Å²) < 4.78 is 0. The molecule has 0 amide bonds. The van der Waals surface area contributed by atoms with Gasteiger partial charge in [-0.3, -0.25) is 4.98 Å². The van der Waals surface area contributed by atoms with E-state index >= 15 is 0 Å². The summed E-state index contributed by atoms with van der Waals surface area (Å²) in [6.07, 6.45) is 7.47. The molecular weight excluding hydrogens is 160 g/mol. The van der Waals surface area contributed by atoms with E-state index in [2.05, 4.69) is 29.4 Å². The maximum absolute atomic E-state index is 4.05. The van der Waals surface area contributed by atoms with Gasteiger partial charge in [-0.2, -0.15) is 0 Å². The lowest BCUT2D eigenvalue weighted by atomic mass is 9.87. The van der Waals surface area contributed by atoms with Gasteiger partial charge in [-0.25, -0.2) is 0 Å². The van der Waals surface area contributed by atoms with Gasteiger partial charge in [0.25, 0.3) is 0 Å². The lowest BCUT2D eigenvalue weighted by Crippen LogP contribution is -2.35. The van der Waals surface area contributed by atoms with E-state index in [4.69, 9.17) is 0 Å². The van der Waals surface area contributed by atoms with Crippen molar-refractivity contribution in [3.8, 4) is 0 Å². The summed E-state index contributed by atoms with van der Waals surface area (Å²) in [7, 11) is 0. The molecule has 0 aliphatic carbocycles. The van der Waals surface area contributed by atoms with E-state index in [-0.39, 0.29) is 5.54 Å². The number of nitrogens with one attached hydrogen (secondary N) is 1. The van der Waals surface area contributed by atoms with Gasteiger partial charge >= 0.3 is 0 Å². The van der Waals surface area contributed by atoms with E-state index in [1.54, 1.807) is 0 Å². The highest BCUT2D eigenvalue weighted by atomic mass is 15.0.